The van der Waals surface area contributed by atoms with E-state index in [1.54, 1.807) is 0 Å². The average molecular weight is 501 g/mol. The third kappa shape index (κ3) is 5.87. The van der Waals surface area contributed by atoms with E-state index in [9.17, 15) is 36.2 Å². The molecule has 0 unspecified atom stereocenters. The monoisotopic (exact) mass is 501 g/mol. The number of alkyl halides is 6. The molecule has 0 bridgehead atoms. The van der Waals surface area contributed by atoms with Gasteiger partial charge in [-0.15, -0.1) is 0 Å². The number of ether oxygens (including phenoxy) is 1. The number of nitrogens with zero attached hydrogens (tertiary/aromatic N) is 2. The molecule has 1 saturated carbocycles. The Kier molecular flexibility index (Phi) is 6.67. The van der Waals surface area contributed by atoms with E-state index in [1.165, 1.54) is 24.3 Å². The number of carbonyl (C=O) groups is 1. The summed E-state index contributed by atoms with van der Waals surface area (Å²) in [6.45, 7) is -1.63. The Labute approximate surface area is 195 Å². The van der Waals surface area contributed by atoms with E-state index in [-0.39, 0.29) is 34.3 Å². The first-order valence-electron chi connectivity index (χ1n) is 10.8. The van der Waals surface area contributed by atoms with E-state index in [0.29, 0.717) is 25.7 Å². The van der Waals surface area contributed by atoms with Crippen LogP contribution in [0, 0.1) is 0 Å². The number of amides is 1. The molecule has 3 aromatic rings. The van der Waals surface area contributed by atoms with Crippen LogP contribution in [0.4, 0.5) is 26.3 Å². The molecule has 0 aliphatic heterocycles. The van der Waals surface area contributed by atoms with Crippen molar-refractivity contribution in [3.8, 4) is 16.9 Å². The van der Waals surface area contributed by atoms with Crippen LogP contribution in [0.1, 0.15) is 41.7 Å². The van der Waals surface area contributed by atoms with Crippen molar-refractivity contribution < 1.29 is 41.0 Å². The van der Waals surface area contributed by atoms with Gasteiger partial charge in [-0.1, -0.05) is 18.2 Å². The third-order valence-corrected chi connectivity index (χ3v) is 5.71. The largest absolute Gasteiger partial charge is 0.483 e. The zero-order valence-corrected chi connectivity index (χ0v) is 18.2. The lowest BCUT2D eigenvalue weighted by Gasteiger charge is -2.25. The van der Waals surface area contributed by atoms with Crippen molar-refractivity contribution in [3.05, 3.63) is 54.0 Å². The predicted octanol–water partition coefficient (Wildman–Crippen LogP) is 4.99. The Balaban J connectivity index is 1.75. The molecule has 6 nitrogen and oxygen atoms in total. The number of carbonyl (C=O) groups excluding carboxylic acids is 1. The summed E-state index contributed by atoms with van der Waals surface area (Å²) < 4.78 is 84.8. The molecular weight excluding hydrogens is 480 g/mol. The maximum absolute atomic E-state index is 13.6. The van der Waals surface area contributed by atoms with Crippen molar-refractivity contribution in [1.29, 1.82) is 0 Å². The molecule has 0 saturated heterocycles. The van der Waals surface area contributed by atoms with Gasteiger partial charge in [-0.05, 0) is 37.8 Å². The second kappa shape index (κ2) is 9.40. The minimum absolute atomic E-state index is 0.0355. The molecule has 1 fully saturated rings. The summed E-state index contributed by atoms with van der Waals surface area (Å²) in [6.07, 6.45) is -5.81. The van der Waals surface area contributed by atoms with Crippen LogP contribution in [-0.2, 0) is 6.18 Å². The van der Waals surface area contributed by atoms with Crippen LogP contribution in [0.2, 0.25) is 0 Å². The lowest BCUT2D eigenvalue weighted by Crippen LogP contribution is -2.38. The van der Waals surface area contributed by atoms with Gasteiger partial charge in [0.25, 0.3) is 5.91 Å². The van der Waals surface area contributed by atoms with Gasteiger partial charge < -0.3 is 19.6 Å². The van der Waals surface area contributed by atoms with Gasteiger partial charge in [0.2, 0.25) is 0 Å². The molecule has 2 N–H and O–H groups in total. The van der Waals surface area contributed by atoms with Crippen LogP contribution < -0.4 is 10.1 Å². The quantitative estimate of drug-likeness (QED) is 0.483. The number of halogens is 6. The molecule has 0 radical (unpaired) electrons. The topological polar surface area (TPSA) is 75.9 Å². The number of rotatable bonds is 5. The fourth-order valence-electron chi connectivity index (χ4n) is 4.02. The number of aromatic nitrogens is 2. The number of aliphatic hydroxyl groups is 1. The summed E-state index contributed by atoms with van der Waals surface area (Å²) >= 11 is 0. The van der Waals surface area contributed by atoms with E-state index in [4.69, 9.17) is 4.74 Å². The summed E-state index contributed by atoms with van der Waals surface area (Å²) in [7, 11) is 0. The van der Waals surface area contributed by atoms with Crippen molar-refractivity contribution in [3.63, 3.8) is 0 Å². The number of imidazole rings is 1. The smallest absolute Gasteiger partial charge is 0.422 e. The minimum Gasteiger partial charge on any atom is -0.483 e. The first-order chi connectivity index (χ1) is 16.4. The Bertz CT molecular complexity index is 1210. The zero-order valence-electron chi connectivity index (χ0n) is 18.2. The van der Waals surface area contributed by atoms with Crippen molar-refractivity contribution in [2.24, 2.45) is 0 Å². The summed E-state index contributed by atoms with van der Waals surface area (Å²) in [5.41, 5.74) is -1.45. The van der Waals surface area contributed by atoms with Crippen molar-refractivity contribution >= 4 is 11.6 Å². The lowest BCUT2D eigenvalue weighted by atomic mass is 9.93. The molecule has 12 heteroatoms. The van der Waals surface area contributed by atoms with E-state index >= 15 is 0 Å². The van der Waals surface area contributed by atoms with Crippen LogP contribution >= 0.6 is 0 Å². The molecule has 1 amide bonds. The highest BCUT2D eigenvalue weighted by Crippen LogP contribution is 2.38. The fourth-order valence-corrected chi connectivity index (χ4v) is 4.02. The predicted molar refractivity (Wildman–Crippen MR) is 113 cm³/mol. The minimum atomic E-state index is -4.76. The molecule has 188 valence electrons. The number of hydrogen-bond donors (Lipinski definition) is 2. The average Bonchev–Trinajstić information content (AvgIpc) is 3.22. The van der Waals surface area contributed by atoms with Gasteiger partial charge in [0.1, 0.15) is 17.1 Å². The molecule has 1 aliphatic carbocycles. The second-order valence-electron chi connectivity index (χ2n) is 8.38. The third-order valence-electron chi connectivity index (χ3n) is 5.71. The van der Waals surface area contributed by atoms with E-state index in [0.717, 1.165) is 22.9 Å². The van der Waals surface area contributed by atoms with Gasteiger partial charge in [-0.2, -0.15) is 26.3 Å². The van der Waals surface area contributed by atoms with E-state index in [1.807, 2.05) is 0 Å². The molecule has 35 heavy (non-hydrogen) atoms. The number of pyridine rings is 1. The number of fused-ring (bicyclic) bond motifs is 1. The Morgan fingerprint density at radius 1 is 1.06 bits per heavy atom. The maximum Gasteiger partial charge on any atom is 0.422 e. The summed E-state index contributed by atoms with van der Waals surface area (Å²) in [5, 5.41) is 12.4. The van der Waals surface area contributed by atoms with Crippen molar-refractivity contribution in [2.45, 2.75) is 50.2 Å². The molecule has 4 rings (SSSR count). The highest BCUT2D eigenvalue weighted by Gasteiger charge is 2.33. The molecule has 2 heterocycles. The van der Waals surface area contributed by atoms with Gasteiger partial charge in [0, 0.05) is 29.6 Å². The first kappa shape index (κ1) is 24.8. The highest BCUT2D eigenvalue weighted by atomic mass is 19.4. The van der Waals surface area contributed by atoms with Gasteiger partial charge in [-0.25, -0.2) is 4.98 Å². The van der Waals surface area contributed by atoms with E-state index < -0.39 is 36.5 Å². The molecule has 0 atom stereocenters. The summed E-state index contributed by atoms with van der Waals surface area (Å²) in [5.74, 6) is -0.878. The van der Waals surface area contributed by atoms with Gasteiger partial charge in [0.15, 0.2) is 6.61 Å². The number of benzene rings is 1. The normalized spacial score (nSPS) is 19.1. The Morgan fingerprint density at radius 3 is 2.40 bits per heavy atom. The molecular formula is C23H21F6N3O3. The number of para-hydroxylation sites is 1. The highest BCUT2D eigenvalue weighted by molar-refractivity contribution is 5.94. The second-order valence-corrected chi connectivity index (χ2v) is 8.38. The van der Waals surface area contributed by atoms with Crippen molar-refractivity contribution in [2.75, 3.05) is 6.61 Å². The van der Waals surface area contributed by atoms with Crippen LogP contribution in [0.15, 0.2) is 42.7 Å². The number of aliphatic hydroxyl groups excluding tert-OH is 1. The lowest BCUT2D eigenvalue weighted by molar-refractivity contribution is -0.153. The standard InChI is InChI=1S/C23H21F6N3O3/c24-22(25,26)12-35-19-4-2-1-3-16(19)17-9-13(23(27,28)29)10-32-11-18(31-20(17)32)21(34)30-14-5-7-15(33)8-6-14/h1-4,9-11,14-15,33H,5-8,12H2,(H,30,34). The van der Waals surface area contributed by atoms with Gasteiger partial charge in [-0.3, -0.25) is 4.79 Å². The molecule has 0 spiro atoms. The number of hydrogen-bond acceptors (Lipinski definition) is 4. The van der Waals surface area contributed by atoms with E-state index in [2.05, 4.69) is 10.3 Å². The summed E-state index contributed by atoms with van der Waals surface area (Å²) in [6, 6.07) is 5.93. The molecule has 1 aromatic carbocycles. The van der Waals surface area contributed by atoms with Crippen LogP contribution in [0.5, 0.6) is 5.75 Å². The van der Waals surface area contributed by atoms with Gasteiger partial charge in [0.05, 0.1) is 11.7 Å². The van der Waals surface area contributed by atoms with Crippen molar-refractivity contribution in [1.82, 2.24) is 14.7 Å². The zero-order chi connectivity index (χ0) is 25.4. The maximum atomic E-state index is 13.6. The van der Waals surface area contributed by atoms with Crippen LogP contribution in [-0.4, -0.2) is 45.3 Å². The Hall–Kier alpha value is -3.28. The SMILES string of the molecule is O=C(NC1CCC(O)CC1)c1cn2cc(C(F)(F)F)cc(-c3ccccc3OCC(F)(F)F)c2n1. The Morgan fingerprint density at radius 2 is 1.74 bits per heavy atom. The fraction of sp³-hybridized carbons (Fsp3) is 0.391. The number of nitrogens with one attached hydrogen (secondary N) is 1. The van der Waals surface area contributed by atoms with Crippen LogP contribution in [0.25, 0.3) is 16.8 Å². The molecule has 1 aliphatic rings. The summed E-state index contributed by atoms with van der Waals surface area (Å²) in [4.78, 5) is 17.0. The van der Waals surface area contributed by atoms with Crippen LogP contribution in [0.3, 0.4) is 0 Å². The first-order valence-corrected chi connectivity index (χ1v) is 10.8. The van der Waals surface area contributed by atoms with Gasteiger partial charge >= 0.3 is 12.4 Å². The molecule has 2 aromatic heterocycles.